The molecule has 90 valence electrons. The van der Waals surface area contributed by atoms with Gasteiger partial charge in [0.05, 0.1) is 12.8 Å². The van der Waals surface area contributed by atoms with Crippen LogP contribution in [0.15, 0.2) is 22.8 Å². The van der Waals surface area contributed by atoms with Crippen molar-refractivity contribution in [1.82, 2.24) is 10.2 Å². The molecule has 1 saturated heterocycles. The van der Waals surface area contributed by atoms with Crippen molar-refractivity contribution in [2.24, 2.45) is 0 Å². The Hall–Kier alpha value is -0.840. The summed E-state index contributed by atoms with van der Waals surface area (Å²) < 4.78 is 5.08. The highest BCUT2D eigenvalue weighted by Gasteiger charge is 2.15. The quantitative estimate of drug-likeness (QED) is 0.812. The van der Waals surface area contributed by atoms with Crippen molar-refractivity contribution in [1.29, 1.82) is 0 Å². The second-order valence-electron chi connectivity index (χ2n) is 3.78. The van der Waals surface area contributed by atoms with Gasteiger partial charge in [0.15, 0.2) is 5.76 Å². The van der Waals surface area contributed by atoms with Crippen LogP contribution in [0.4, 0.5) is 0 Å². The Labute approximate surface area is 101 Å². The topological polar surface area (TPSA) is 45.5 Å². The molecule has 2 rings (SSSR count). The number of Topliss-reactive ketones (excluding diaryl/α,β-unsaturated/α-hetero) is 1. The molecular formula is C11H17ClN2O2. The van der Waals surface area contributed by atoms with Gasteiger partial charge in [-0.3, -0.25) is 9.69 Å². The molecule has 1 aromatic heterocycles. The summed E-state index contributed by atoms with van der Waals surface area (Å²) >= 11 is 0. The smallest absolute Gasteiger partial charge is 0.211 e. The van der Waals surface area contributed by atoms with E-state index in [0.717, 1.165) is 32.6 Å². The van der Waals surface area contributed by atoms with Crippen molar-refractivity contribution in [3.8, 4) is 0 Å². The number of carbonyl (C=O) groups excluding carboxylic acids is 1. The second-order valence-corrected chi connectivity index (χ2v) is 3.78. The Morgan fingerprint density at radius 3 is 3.06 bits per heavy atom. The van der Waals surface area contributed by atoms with Gasteiger partial charge in [0.1, 0.15) is 0 Å². The van der Waals surface area contributed by atoms with Crippen LogP contribution in [0.5, 0.6) is 0 Å². The fraction of sp³-hybridized carbons (Fsp3) is 0.545. The molecule has 1 aromatic rings. The zero-order chi connectivity index (χ0) is 10.5. The predicted octanol–water partition coefficient (Wildman–Crippen LogP) is 1.18. The molecule has 0 bridgehead atoms. The first-order chi connectivity index (χ1) is 7.36. The van der Waals surface area contributed by atoms with E-state index in [2.05, 4.69) is 10.2 Å². The van der Waals surface area contributed by atoms with Crippen molar-refractivity contribution >= 4 is 18.2 Å². The summed E-state index contributed by atoms with van der Waals surface area (Å²) in [7, 11) is 0. The molecule has 0 aromatic carbocycles. The lowest BCUT2D eigenvalue weighted by Crippen LogP contribution is -2.32. The van der Waals surface area contributed by atoms with Crippen LogP contribution >= 0.6 is 12.4 Å². The summed E-state index contributed by atoms with van der Waals surface area (Å²) in [5, 5.41) is 3.31. The summed E-state index contributed by atoms with van der Waals surface area (Å²) in [4.78, 5) is 13.9. The number of rotatable bonds is 3. The van der Waals surface area contributed by atoms with E-state index < -0.39 is 0 Å². The third-order valence-corrected chi connectivity index (χ3v) is 2.60. The minimum Gasteiger partial charge on any atom is -0.461 e. The first kappa shape index (κ1) is 13.2. The van der Waals surface area contributed by atoms with Crippen LogP contribution in [0.2, 0.25) is 0 Å². The molecule has 4 nitrogen and oxygen atoms in total. The summed E-state index contributed by atoms with van der Waals surface area (Å²) in [6.07, 6.45) is 2.64. The minimum atomic E-state index is 0. The van der Waals surface area contributed by atoms with E-state index in [1.807, 2.05) is 0 Å². The zero-order valence-electron chi connectivity index (χ0n) is 9.15. The fourth-order valence-corrected chi connectivity index (χ4v) is 1.78. The van der Waals surface area contributed by atoms with Gasteiger partial charge in [-0.1, -0.05) is 0 Å². The Kier molecular flexibility index (Phi) is 5.52. The third-order valence-electron chi connectivity index (χ3n) is 2.60. The number of furan rings is 1. The normalized spacial score (nSPS) is 17.5. The van der Waals surface area contributed by atoms with Gasteiger partial charge in [-0.2, -0.15) is 0 Å². The van der Waals surface area contributed by atoms with Crippen molar-refractivity contribution in [2.75, 3.05) is 32.7 Å². The van der Waals surface area contributed by atoms with Gasteiger partial charge in [-0.25, -0.2) is 0 Å². The lowest BCUT2D eigenvalue weighted by molar-refractivity contribution is 0.0907. The van der Waals surface area contributed by atoms with Crippen molar-refractivity contribution in [3.63, 3.8) is 0 Å². The molecule has 0 aliphatic carbocycles. The number of carbonyl (C=O) groups is 1. The second kappa shape index (κ2) is 6.68. The van der Waals surface area contributed by atoms with Crippen LogP contribution in [-0.4, -0.2) is 43.4 Å². The number of nitrogens with zero attached hydrogens (tertiary/aromatic N) is 1. The standard InChI is InChI=1S/C11H16N2O2.ClH/c14-10(11-3-1-8-15-11)9-13-6-2-4-12-5-7-13;/h1,3,8,12H,2,4-7,9H2;1H. The molecule has 5 heteroatoms. The summed E-state index contributed by atoms with van der Waals surface area (Å²) in [6.45, 7) is 4.40. The number of hydrogen-bond acceptors (Lipinski definition) is 4. The maximum Gasteiger partial charge on any atom is 0.211 e. The van der Waals surface area contributed by atoms with E-state index in [-0.39, 0.29) is 18.2 Å². The van der Waals surface area contributed by atoms with Gasteiger partial charge in [0, 0.05) is 13.1 Å². The summed E-state index contributed by atoms with van der Waals surface area (Å²) in [6, 6.07) is 3.47. The highest BCUT2D eigenvalue weighted by atomic mass is 35.5. The predicted molar refractivity (Wildman–Crippen MR) is 64.2 cm³/mol. The Bertz CT molecular complexity index is 306. The molecule has 0 saturated carbocycles. The largest absolute Gasteiger partial charge is 0.461 e. The molecule has 1 N–H and O–H groups in total. The number of nitrogens with one attached hydrogen (secondary N) is 1. The first-order valence-electron chi connectivity index (χ1n) is 5.36. The SMILES string of the molecule is Cl.O=C(CN1CCCNCC1)c1ccco1. The van der Waals surface area contributed by atoms with E-state index >= 15 is 0 Å². The van der Waals surface area contributed by atoms with E-state index in [1.165, 1.54) is 6.26 Å². The van der Waals surface area contributed by atoms with Crippen molar-refractivity contribution < 1.29 is 9.21 Å². The number of hydrogen-bond donors (Lipinski definition) is 1. The van der Waals surface area contributed by atoms with Crippen LogP contribution in [0.25, 0.3) is 0 Å². The van der Waals surface area contributed by atoms with Crippen LogP contribution < -0.4 is 5.32 Å². The van der Waals surface area contributed by atoms with Crippen LogP contribution in [-0.2, 0) is 0 Å². The number of ketones is 1. The van der Waals surface area contributed by atoms with E-state index in [4.69, 9.17) is 4.42 Å². The van der Waals surface area contributed by atoms with Gasteiger partial charge >= 0.3 is 0 Å². The Balaban J connectivity index is 0.00000128. The monoisotopic (exact) mass is 244 g/mol. The summed E-state index contributed by atoms with van der Waals surface area (Å²) in [5.41, 5.74) is 0. The van der Waals surface area contributed by atoms with Gasteiger partial charge in [-0.15, -0.1) is 12.4 Å². The third kappa shape index (κ3) is 3.63. The molecule has 1 aliphatic rings. The van der Waals surface area contributed by atoms with E-state index in [1.54, 1.807) is 12.1 Å². The molecule has 0 spiro atoms. The highest BCUT2D eigenvalue weighted by molar-refractivity contribution is 5.94. The van der Waals surface area contributed by atoms with E-state index in [9.17, 15) is 4.79 Å². The average Bonchev–Trinajstić information content (AvgIpc) is 2.65. The van der Waals surface area contributed by atoms with Gasteiger partial charge < -0.3 is 9.73 Å². The Morgan fingerprint density at radius 1 is 1.44 bits per heavy atom. The van der Waals surface area contributed by atoms with Crippen LogP contribution in [0, 0.1) is 0 Å². The fourth-order valence-electron chi connectivity index (χ4n) is 1.78. The lowest BCUT2D eigenvalue weighted by Gasteiger charge is -2.17. The summed E-state index contributed by atoms with van der Waals surface area (Å²) in [5.74, 6) is 0.536. The lowest BCUT2D eigenvalue weighted by atomic mass is 10.2. The van der Waals surface area contributed by atoms with Gasteiger partial charge in [0.2, 0.25) is 5.78 Å². The van der Waals surface area contributed by atoms with Crippen molar-refractivity contribution in [2.45, 2.75) is 6.42 Å². The first-order valence-corrected chi connectivity index (χ1v) is 5.36. The van der Waals surface area contributed by atoms with Crippen LogP contribution in [0.3, 0.4) is 0 Å². The maximum absolute atomic E-state index is 11.7. The molecule has 0 unspecified atom stereocenters. The molecule has 2 heterocycles. The van der Waals surface area contributed by atoms with Gasteiger partial charge in [0.25, 0.3) is 0 Å². The molecule has 16 heavy (non-hydrogen) atoms. The van der Waals surface area contributed by atoms with Crippen molar-refractivity contribution in [3.05, 3.63) is 24.2 Å². The Morgan fingerprint density at radius 2 is 2.31 bits per heavy atom. The molecule has 0 radical (unpaired) electrons. The van der Waals surface area contributed by atoms with Gasteiger partial charge in [-0.05, 0) is 31.6 Å². The average molecular weight is 245 g/mol. The zero-order valence-corrected chi connectivity index (χ0v) is 9.96. The highest BCUT2D eigenvalue weighted by Crippen LogP contribution is 2.04. The molecule has 0 amide bonds. The van der Waals surface area contributed by atoms with Crippen LogP contribution in [0.1, 0.15) is 17.0 Å². The molecule has 1 aliphatic heterocycles. The number of halogens is 1. The molecular weight excluding hydrogens is 228 g/mol. The minimum absolute atomic E-state index is 0. The van der Waals surface area contributed by atoms with E-state index in [0.29, 0.717) is 12.3 Å². The molecule has 1 fully saturated rings. The molecule has 0 atom stereocenters. The maximum atomic E-state index is 11.7.